The summed E-state index contributed by atoms with van der Waals surface area (Å²) in [5.74, 6) is 0.343. The standard InChI is InChI=1S/C13H12ClN5O2S/c1-8-6-18(7-9-3-4-10(14)15-5-9)13-16-12(22(2)21)17-19(13)11(8)20/h3-6H,7H2,1-2H3. The Morgan fingerprint density at radius 1 is 1.41 bits per heavy atom. The first-order valence-electron chi connectivity index (χ1n) is 6.36. The van der Waals surface area contributed by atoms with Gasteiger partial charge in [-0.3, -0.25) is 4.79 Å². The number of pyridine rings is 1. The van der Waals surface area contributed by atoms with Crippen LogP contribution in [0, 0.1) is 6.92 Å². The van der Waals surface area contributed by atoms with Crippen LogP contribution in [0.1, 0.15) is 11.1 Å². The maximum absolute atomic E-state index is 12.1. The van der Waals surface area contributed by atoms with Crippen molar-refractivity contribution in [3.8, 4) is 0 Å². The van der Waals surface area contributed by atoms with E-state index in [9.17, 15) is 9.35 Å². The van der Waals surface area contributed by atoms with E-state index in [0.29, 0.717) is 23.0 Å². The molecule has 114 valence electrons. The van der Waals surface area contributed by atoms with Gasteiger partial charge in [0.1, 0.15) is 11.4 Å². The van der Waals surface area contributed by atoms with Gasteiger partial charge < -0.3 is 9.12 Å². The molecule has 3 heterocycles. The molecule has 3 aromatic heterocycles. The predicted octanol–water partition coefficient (Wildman–Crippen LogP) is 1.03. The molecule has 0 saturated heterocycles. The van der Waals surface area contributed by atoms with Crippen molar-refractivity contribution in [1.82, 2.24) is 24.1 Å². The fourth-order valence-electron chi connectivity index (χ4n) is 2.06. The highest BCUT2D eigenvalue weighted by atomic mass is 35.5. The normalized spacial score (nSPS) is 12.7. The van der Waals surface area contributed by atoms with Crippen LogP contribution in [0.25, 0.3) is 5.78 Å². The summed E-state index contributed by atoms with van der Waals surface area (Å²) in [6, 6.07) is 3.54. The topological polar surface area (TPSA) is 88.1 Å². The number of aryl methyl sites for hydroxylation is 1. The van der Waals surface area contributed by atoms with Crippen molar-refractivity contribution < 1.29 is 4.55 Å². The molecule has 1 atom stereocenters. The van der Waals surface area contributed by atoms with Gasteiger partial charge in [-0.1, -0.05) is 22.8 Å². The highest BCUT2D eigenvalue weighted by Crippen LogP contribution is 2.11. The van der Waals surface area contributed by atoms with Crippen LogP contribution >= 0.6 is 11.6 Å². The molecule has 0 aliphatic carbocycles. The maximum Gasteiger partial charge on any atom is 0.363 e. The van der Waals surface area contributed by atoms with Crippen LogP contribution in [0.2, 0.25) is 5.15 Å². The van der Waals surface area contributed by atoms with E-state index in [1.165, 1.54) is 10.8 Å². The first-order chi connectivity index (χ1) is 10.5. The Morgan fingerprint density at radius 2 is 2.18 bits per heavy atom. The second kappa shape index (κ2) is 5.71. The highest BCUT2D eigenvalue weighted by molar-refractivity contribution is 7.90. The monoisotopic (exact) mass is 337 g/mol. The summed E-state index contributed by atoms with van der Waals surface area (Å²) < 4.78 is 14.5. The summed E-state index contributed by atoms with van der Waals surface area (Å²) in [4.78, 5) is 20.4. The Bertz CT molecular complexity index is 888. The quantitative estimate of drug-likeness (QED) is 0.526. The molecule has 0 aliphatic rings. The van der Waals surface area contributed by atoms with Crippen LogP contribution in [-0.2, 0) is 17.7 Å². The van der Waals surface area contributed by atoms with E-state index < -0.39 is 11.2 Å². The Balaban J connectivity index is 2.14. The number of hydrogen-bond acceptors (Lipinski definition) is 5. The van der Waals surface area contributed by atoms with Gasteiger partial charge in [0, 0.05) is 29.1 Å². The van der Waals surface area contributed by atoms with E-state index in [4.69, 9.17) is 11.6 Å². The zero-order chi connectivity index (χ0) is 15.9. The van der Waals surface area contributed by atoms with Gasteiger partial charge in [-0.25, -0.2) is 4.98 Å². The minimum atomic E-state index is -1.36. The van der Waals surface area contributed by atoms with Crippen LogP contribution < -0.4 is 5.56 Å². The minimum absolute atomic E-state index is 0.130. The Hall–Kier alpha value is -1.90. The van der Waals surface area contributed by atoms with E-state index in [0.717, 1.165) is 5.56 Å². The summed E-state index contributed by atoms with van der Waals surface area (Å²) in [5, 5.41) is 4.57. The first-order valence-corrected chi connectivity index (χ1v) is 8.30. The second-order valence-corrected chi connectivity index (χ2v) is 6.46. The smallest absolute Gasteiger partial charge is 0.363 e. The van der Waals surface area contributed by atoms with Crippen LogP contribution in [0.4, 0.5) is 0 Å². The molecule has 0 bridgehead atoms. The predicted molar refractivity (Wildman–Crippen MR) is 82.7 cm³/mol. The fraction of sp³-hybridized carbons (Fsp3) is 0.231. The lowest BCUT2D eigenvalue weighted by Gasteiger charge is -2.08. The summed E-state index contributed by atoms with van der Waals surface area (Å²) in [6.45, 7) is 2.14. The molecule has 7 nitrogen and oxygen atoms in total. The van der Waals surface area contributed by atoms with Crippen molar-refractivity contribution in [2.24, 2.45) is 0 Å². The zero-order valence-electron chi connectivity index (χ0n) is 11.9. The second-order valence-electron chi connectivity index (χ2n) is 4.79. The van der Waals surface area contributed by atoms with Gasteiger partial charge in [0.25, 0.3) is 5.56 Å². The Kier molecular flexibility index (Phi) is 3.90. The lowest BCUT2D eigenvalue weighted by molar-refractivity contribution is 0.591. The fourth-order valence-corrected chi connectivity index (χ4v) is 2.57. The minimum Gasteiger partial charge on any atom is -0.609 e. The third-order valence-corrected chi connectivity index (χ3v) is 4.02. The number of halogens is 1. The Morgan fingerprint density at radius 3 is 2.82 bits per heavy atom. The molecule has 3 aromatic rings. The summed E-state index contributed by atoms with van der Waals surface area (Å²) in [5.41, 5.74) is 1.15. The van der Waals surface area contributed by atoms with E-state index in [2.05, 4.69) is 15.1 Å². The van der Waals surface area contributed by atoms with E-state index in [1.54, 1.807) is 30.0 Å². The largest absolute Gasteiger partial charge is 0.609 e. The van der Waals surface area contributed by atoms with Crippen molar-refractivity contribution in [3.63, 3.8) is 0 Å². The van der Waals surface area contributed by atoms with Crippen molar-refractivity contribution in [2.45, 2.75) is 18.6 Å². The van der Waals surface area contributed by atoms with Crippen molar-refractivity contribution in [3.05, 3.63) is 51.2 Å². The third-order valence-electron chi connectivity index (χ3n) is 3.11. The summed E-state index contributed by atoms with van der Waals surface area (Å²) >= 11 is 4.41. The molecule has 9 heteroatoms. The van der Waals surface area contributed by atoms with Gasteiger partial charge in [0.05, 0.1) is 6.54 Å². The molecular weight excluding hydrogens is 326 g/mol. The van der Waals surface area contributed by atoms with Crippen LogP contribution in [0.15, 0.2) is 34.5 Å². The van der Waals surface area contributed by atoms with Gasteiger partial charge >= 0.3 is 5.16 Å². The lowest BCUT2D eigenvalue weighted by atomic mass is 10.3. The highest BCUT2D eigenvalue weighted by Gasteiger charge is 2.17. The van der Waals surface area contributed by atoms with Gasteiger partial charge in [-0.15, -0.1) is 4.98 Å². The molecule has 22 heavy (non-hydrogen) atoms. The van der Waals surface area contributed by atoms with E-state index in [-0.39, 0.29) is 10.7 Å². The maximum atomic E-state index is 12.1. The molecule has 1 unspecified atom stereocenters. The van der Waals surface area contributed by atoms with Gasteiger partial charge in [0.15, 0.2) is 0 Å². The molecule has 0 spiro atoms. The van der Waals surface area contributed by atoms with E-state index >= 15 is 0 Å². The summed E-state index contributed by atoms with van der Waals surface area (Å²) in [6.07, 6.45) is 4.82. The number of aromatic nitrogens is 5. The van der Waals surface area contributed by atoms with Crippen molar-refractivity contribution in [1.29, 1.82) is 0 Å². The van der Waals surface area contributed by atoms with Gasteiger partial charge in [-0.2, -0.15) is 4.52 Å². The molecule has 0 radical (unpaired) electrons. The number of rotatable bonds is 3. The average molecular weight is 338 g/mol. The molecule has 0 fully saturated rings. The first kappa shape index (κ1) is 15.0. The number of hydrogen-bond donors (Lipinski definition) is 0. The Labute approximate surface area is 133 Å². The molecule has 0 N–H and O–H groups in total. The molecule has 0 saturated carbocycles. The molecule has 0 aliphatic heterocycles. The SMILES string of the molecule is Cc1cn(Cc2ccc(Cl)nc2)c2nc([S+](C)[O-])nn2c1=O. The van der Waals surface area contributed by atoms with Crippen molar-refractivity contribution in [2.75, 3.05) is 6.26 Å². The van der Waals surface area contributed by atoms with Gasteiger partial charge in [0.2, 0.25) is 5.78 Å². The molecule has 0 aromatic carbocycles. The van der Waals surface area contributed by atoms with Crippen LogP contribution in [0.5, 0.6) is 0 Å². The number of nitrogens with zero attached hydrogens (tertiary/aromatic N) is 5. The van der Waals surface area contributed by atoms with Crippen LogP contribution in [-0.4, -0.2) is 35.0 Å². The van der Waals surface area contributed by atoms with Crippen molar-refractivity contribution >= 4 is 28.6 Å². The third kappa shape index (κ3) is 2.72. The molecule has 3 rings (SSSR count). The summed E-state index contributed by atoms with van der Waals surface area (Å²) in [7, 11) is 0. The zero-order valence-corrected chi connectivity index (χ0v) is 13.4. The molecule has 0 amide bonds. The molecular formula is C13H12ClN5O2S. The lowest BCUT2D eigenvalue weighted by Crippen LogP contribution is -2.21. The number of fused-ring (bicyclic) bond motifs is 1. The van der Waals surface area contributed by atoms with E-state index in [1.807, 2.05) is 6.07 Å². The van der Waals surface area contributed by atoms with Gasteiger partial charge in [-0.05, 0) is 18.6 Å². The van der Waals surface area contributed by atoms with Crippen LogP contribution in [0.3, 0.4) is 0 Å². The average Bonchev–Trinajstić information content (AvgIpc) is 2.93.